The first-order valence-corrected chi connectivity index (χ1v) is 7.72. The maximum atomic E-state index is 12.5. The number of urea groups is 1. The second-order valence-electron chi connectivity index (χ2n) is 5.73. The second-order valence-corrected chi connectivity index (χ2v) is 5.73. The van der Waals surface area contributed by atoms with Crippen LogP contribution in [0, 0.1) is 0 Å². The fraction of sp³-hybridized carbons (Fsp3) is 0.600. The van der Waals surface area contributed by atoms with E-state index >= 15 is 0 Å². The topological polar surface area (TPSA) is 71.7 Å². The maximum Gasteiger partial charge on any atom is 0.417 e. The SMILES string of the molecule is CC(N)COCCCN1CCN(c2ccc(C(F)(F)F)cn2)C1=O.Cl. The molecular weight excluding hydrogens is 361 g/mol. The van der Waals surface area contributed by atoms with Crippen molar-refractivity contribution in [1.29, 1.82) is 0 Å². The summed E-state index contributed by atoms with van der Waals surface area (Å²) >= 11 is 0. The van der Waals surface area contributed by atoms with Crippen molar-refractivity contribution in [2.45, 2.75) is 25.6 Å². The van der Waals surface area contributed by atoms with Crippen LogP contribution in [0.1, 0.15) is 18.9 Å². The van der Waals surface area contributed by atoms with Gasteiger partial charge in [0.25, 0.3) is 0 Å². The average molecular weight is 383 g/mol. The molecule has 1 atom stereocenters. The van der Waals surface area contributed by atoms with Crippen molar-refractivity contribution in [3.63, 3.8) is 0 Å². The van der Waals surface area contributed by atoms with Crippen LogP contribution in [0.15, 0.2) is 18.3 Å². The number of nitrogens with zero attached hydrogens (tertiary/aromatic N) is 3. The molecule has 6 nitrogen and oxygen atoms in total. The number of pyridine rings is 1. The first-order chi connectivity index (χ1) is 11.3. The van der Waals surface area contributed by atoms with Crippen molar-refractivity contribution in [3.8, 4) is 0 Å². The number of amides is 2. The Morgan fingerprint density at radius 1 is 1.36 bits per heavy atom. The van der Waals surface area contributed by atoms with Gasteiger partial charge in [0.05, 0.1) is 12.2 Å². The monoisotopic (exact) mass is 382 g/mol. The summed E-state index contributed by atoms with van der Waals surface area (Å²) in [6, 6.07) is 1.87. The zero-order chi connectivity index (χ0) is 17.7. The van der Waals surface area contributed by atoms with Crippen LogP contribution < -0.4 is 10.6 Å². The van der Waals surface area contributed by atoms with Gasteiger partial charge in [0.2, 0.25) is 0 Å². The summed E-state index contributed by atoms with van der Waals surface area (Å²) in [6.45, 7) is 4.25. The smallest absolute Gasteiger partial charge is 0.380 e. The summed E-state index contributed by atoms with van der Waals surface area (Å²) in [4.78, 5) is 19.1. The number of nitrogens with two attached hydrogens (primary N) is 1. The van der Waals surface area contributed by atoms with E-state index in [9.17, 15) is 18.0 Å². The molecule has 2 amide bonds. The van der Waals surface area contributed by atoms with E-state index in [0.717, 1.165) is 12.3 Å². The van der Waals surface area contributed by atoms with Crippen LogP contribution in [-0.4, -0.2) is 54.8 Å². The van der Waals surface area contributed by atoms with Crippen molar-refractivity contribution >= 4 is 24.3 Å². The Morgan fingerprint density at radius 3 is 2.64 bits per heavy atom. The summed E-state index contributed by atoms with van der Waals surface area (Å²) in [5.74, 6) is 0.226. The van der Waals surface area contributed by atoms with Gasteiger partial charge in [0.15, 0.2) is 0 Å². The molecule has 1 aromatic rings. The molecule has 2 N–H and O–H groups in total. The molecule has 1 aliphatic heterocycles. The highest BCUT2D eigenvalue weighted by Crippen LogP contribution is 2.29. The molecule has 25 heavy (non-hydrogen) atoms. The van der Waals surface area contributed by atoms with Crippen LogP contribution in [0.25, 0.3) is 0 Å². The van der Waals surface area contributed by atoms with E-state index in [1.807, 2.05) is 6.92 Å². The van der Waals surface area contributed by atoms with E-state index in [4.69, 9.17) is 10.5 Å². The Hall–Kier alpha value is -1.58. The number of carbonyl (C=O) groups excluding carboxylic acids is 1. The Morgan fingerprint density at radius 2 is 2.08 bits per heavy atom. The van der Waals surface area contributed by atoms with E-state index in [-0.39, 0.29) is 30.3 Å². The van der Waals surface area contributed by atoms with Gasteiger partial charge in [-0.1, -0.05) is 0 Å². The zero-order valence-corrected chi connectivity index (χ0v) is 14.6. The first-order valence-electron chi connectivity index (χ1n) is 7.72. The van der Waals surface area contributed by atoms with E-state index in [0.29, 0.717) is 39.3 Å². The molecule has 2 rings (SSSR count). The summed E-state index contributed by atoms with van der Waals surface area (Å²) in [7, 11) is 0. The summed E-state index contributed by atoms with van der Waals surface area (Å²) in [5.41, 5.74) is 4.73. The molecular formula is C15H22ClF3N4O2. The number of halogens is 4. The maximum absolute atomic E-state index is 12.5. The van der Waals surface area contributed by atoms with Crippen LogP contribution >= 0.6 is 12.4 Å². The van der Waals surface area contributed by atoms with Gasteiger partial charge in [-0.2, -0.15) is 13.2 Å². The molecule has 1 unspecified atom stereocenters. The molecule has 0 spiro atoms. The van der Waals surface area contributed by atoms with Gasteiger partial charge in [-0.25, -0.2) is 9.78 Å². The Balaban J connectivity index is 0.00000312. The zero-order valence-electron chi connectivity index (χ0n) is 13.8. The van der Waals surface area contributed by atoms with E-state index < -0.39 is 11.7 Å². The molecule has 0 radical (unpaired) electrons. The molecule has 0 saturated carbocycles. The van der Waals surface area contributed by atoms with Gasteiger partial charge in [0.1, 0.15) is 5.82 Å². The predicted molar refractivity (Wildman–Crippen MR) is 89.9 cm³/mol. The lowest BCUT2D eigenvalue weighted by molar-refractivity contribution is -0.137. The molecule has 0 bridgehead atoms. The molecule has 1 aliphatic rings. The molecule has 10 heteroatoms. The molecule has 1 aromatic heterocycles. The normalized spacial score (nSPS) is 16.1. The summed E-state index contributed by atoms with van der Waals surface area (Å²) < 4.78 is 43.0. The van der Waals surface area contributed by atoms with Gasteiger partial charge < -0.3 is 15.4 Å². The third-order valence-electron chi connectivity index (χ3n) is 3.54. The Bertz CT molecular complexity index is 555. The molecule has 0 aromatic carbocycles. The van der Waals surface area contributed by atoms with E-state index in [1.54, 1.807) is 4.90 Å². The number of aromatic nitrogens is 1. The van der Waals surface area contributed by atoms with Gasteiger partial charge in [-0.05, 0) is 25.5 Å². The minimum atomic E-state index is -4.44. The van der Waals surface area contributed by atoms with Crippen molar-refractivity contribution in [2.75, 3.05) is 37.7 Å². The summed E-state index contributed by atoms with van der Waals surface area (Å²) in [5, 5.41) is 0. The Labute approximate surface area is 150 Å². The van der Waals surface area contributed by atoms with E-state index in [1.165, 1.54) is 11.0 Å². The van der Waals surface area contributed by atoms with Crippen LogP contribution in [0.5, 0.6) is 0 Å². The molecule has 0 aliphatic carbocycles. The predicted octanol–water partition coefficient (Wildman–Crippen LogP) is 2.52. The molecule has 1 saturated heterocycles. The van der Waals surface area contributed by atoms with Crippen molar-refractivity contribution < 1.29 is 22.7 Å². The quantitative estimate of drug-likeness (QED) is 0.735. The first kappa shape index (κ1) is 21.5. The Kier molecular flexibility index (Phi) is 7.91. The molecule has 1 fully saturated rings. The fourth-order valence-electron chi connectivity index (χ4n) is 2.34. The highest BCUT2D eigenvalue weighted by Gasteiger charge is 2.33. The third-order valence-corrected chi connectivity index (χ3v) is 3.54. The van der Waals surface area contributed by atoms with Crippen LogP contribution in [0.4, 0.5) is 23.8 Å². The lowest BCUT2D eigenvalue weighted by atomic mass is 10.3. The number of ether oxygens (including phenoxy) is 1. The minimum Gasteiger partial charge on any atom is -0.380 e. The van der Waals surface area contributed by atoms with Gasteiger partial charge in [-0.3, -0.25) is 4.90 Å². The number of carbonyl (C=O) groups is 1. The van der Waals surface area contributed by atoms with Gasteiger partial charge in [0, 0.05) is 38.5 Å². The number of hydrogen-bond donors (Lipinski definition) is 1. The minimum absolute atomic E-state index is 0. The average Bonchev–Trinajstić information content (AvgIpc) is 2.87. The van der Waals surface area contributed by atoms with Crippen molar-refractivity contribution in [2.24, 2.45) is 5.73 Å². The van der Waals surface area contributed by atoms with Crippen LogP contribution in [-0.2, 0) is 10.9 Å². The molecule has 142 valence electrons. The highest BCUT2D eigenvalue weighted by molar-refractivity contribution is 5.93. The number of hydrogen-bond acceptors (Lipinski definition) is 4. The van der Waals surface area contributed by atoms with Crippen LogP contribution in [0.2, 0.25) is 0 Å². The standard InChI is InChI=1S/C15H21F3N4O2.ClH/c1-11(19)10-24-8-2-5-21-6-7-22(14(21)23)13-4-3-12(9-20-13)15(16,17)18;/h3-4,9,11H,2,5-8,10,19H2,1H3;1H. The van der Waals surface area contributed by atoms with Crippen LogP contribution in [0.3, 0.4) is 0 Å². The molecule has 2 heterocycles. The largest absolute Gasteiger partial charge is 0.417 e. The third kappa shape index (κ3) is 6.02. The van der Waals surface area contributed by atoms with E-state index in [2.05, 4.69) is 4.98 Å². The lowest BCUT2D eigenvalue weighted by Crippen LogP contribution is -2.33. The number of anilines is 1. The number of rotatable bonds is 7. The van der Waals surface area contributed by atoms with Gasteiger partial charge in [-0.15, -0.1) is 12.4 Å². The van der Waals surface area contributed by atoms with Crippen molar-refractivity contribution in [1.82, 2.24) is 9.88 Å². The lowest BCUT2D eigenvalue weighted by Gasteiger charge is -2.18. The summed E-state index contributed by atoms with van der Waals surface area (Å²) in [6.07, 6.45) is -3.02. The number of alkyl halides is 3. The van der Waals surface area contributed by atoms with Crippen molar-refractivity contribution in [3.05, 3.63) is 23.9 Å². The van der Waals surface area contributed by atoms with Gasteiger partial charge >= 0.3 is 12.2 Å². The second kappa shape index (κ2) is 9.21. The highest BCUT2D eigenvalue weighted by atomic mass is 35.5. The fourth-order valence-corrected chi connectivity index (χ4v) is 2.34.